The van der Waals surface area contributed by atoms with Crippen molar-refractivity contribution in [2.75, 3.05) is 20.2 Å². The summed E-state index contributed by atoms with van der Waals surface area (Å²) in [5.41, 5.74) is 5.37. The maximum atomic E-state index is 11.6. The maximum Gasteiger partial charge on any atom is 0.251 e. The van der Waals surface area contributed by atoms with E-state index in [0.717, 1.165) is 12.8 Å². The highest BCUT2D eigenvalue weighted by Gasteiger charge is 2.25. The summed E-state index contributed by atoms with van der Waals surface area (Å²) in [5.74, 6) is -0.454. The summed E-state index contributed by atoms with van der Waals surface area (Å²) in [7, 11) is 1.42. The van der Waals surface area contributed by atoms with Crippen LogP contribution >= 0.6 is 12.4 Å². The Morgan fingerprint density at radius 2 is 2.35 bits per heavy atom. The number of hydrogen-bond acceptors (Lipinski definition) is 4. The predicted octanol–water partition coefficient (Wildman–Crippen LogP) is -0.833. The minimum atomic E-state index is -0.684. The number of ether oxygens (including phenoxy) is 1. The van der Waals surface area contributed by atoms with Gasteiger partial charge in [0.05, 0.1) is 0 Å². The summed E-state index contributed by atoms with van der Waals surface area (Å²) in [6.07, 6.45) is 1.85. The molecule has 1 rings (SSSR count). The highest BCUT2D eigenvalue weighted by molar-refractivity contribution is 5.89. The quantitative estimate of drug-likeness (QED) is 0.618. The van der Waals surface area contributed by atoms with Crippen LogP contribution in [-0.2, 0) is 14.3 Å². The molecule has 6 nitrogen and oxygen atoms in total. The molecule has 1 heterocycles. The number of carbonyl (C=O) groups excluding carboxylic acids is 2. The van der Waals surface area contributed by atoms with Gasteiger partial charge in [-0.25, -0.2) is 0 Å². The number of halogens is 1. The Balaban J connectivity index is 0.00000256. The molecule has 1 aliphatic heterocycles. The van der Waals surface area contributed by atoms with Crippen LogP contribution in [0.25, 0.3) is 0 Å². The van der Waals surface area contributed by atoms with Gasteiger partial charge in [-0.2, -0.15) is 0 Å². The summed E-state index contributed by atoms with van der Waals surface area (Å²) in [5, 5.41) is 5.40. The molecule has 0 spiro atoms. The van der Waals surface area contributed by atoms with Crippen LogP contribution in [0.2, 0.25) is 0 Å². The molecule has 1 aliphatic rings. The zero-order valence-electron chi connectivity index (χ0n) is 9.90. The number of methoxy groups -OCH3 is 1. The van der Waals surface area contributed by atoms with Crippen molar-refractivity contribution in [3.05, 3.63) is 0 Å². The molecule has 100 valence electrons. The minimum absolute atomic E-state index is 0. The van der Waals surface area contributed by atoms with Gasteiger partial charge in [0.25, 0.3) is 5.91 Å². The third-order valence-electron chi connectivity index (χ3n) is 2.64. The number of nitrogens with one attached hydrogen (secondary N) is 2. The first-order valence-corrected chi connectivity index (χ1v) is 5.50. The van der Waals surface area contributed by atoms with Crippen LogP contribution in [0.5, 0.6) is 0 Å². The highest BCUT2D eigenvalue weighted by Crippen LogP contribution is 2.05. The monoisotopic (exact) mass is 265 g/mol. The molecule has 2 unspecified atom stereocenters. The molecule has 0 bridgehead atoms. The molecule has 7 heteroatoms. The lowest BCUT2D eigenvalue weighted by molar-refractivity contribution is -0.134. The Morgan fingerprint density at radius 1 is 1.65 bits per heavy atom. The van der Waals surface area contributed by atoms with Gasteiger partial charge in [-0.1, -0.05) is 0 Å². The van der Waals surface area contributed by atoms with E-state index in [1.165, 1.54) is 7.11 Å². The Labute approximate surface area is 107 Å². The molecular weight excluding hydrogens is 246 g/mol. The molecule has 0 saturated carbocycles. The first kappa shape index (κ1) is 16.1. The smallest absolute Gasteiger partial charge is 0.251 e. The summed E-state index contributed by atoms with van der Waals surface area (Å²) >= 11 is 0. The number of carbonyl (C=O) groups is 2. The largest absolute Gasteiger partial charge is 0.370 e. The average molecular weight is 266 g/mol. The second-order valence-electron chi connectivity index (χ2n) is 3.81. The van der Waals surface area contributed by atoms with Crippen LogP contribution < -0.4 is 16.4 Å². The van der Waals surface area contributed by atoms with Gasteiger partial charge in [0.15, 0.2) is 0 Å². The lowest BCUT2D eigenvalue weighted by Crippen LogP contribution is -2.50. The van der Waals surface area contributed by atoms with Gasteiger partial charge in [-0.3, -0.25) is 9.59 Å². The van der Waals surface area contributed by atoms with Crippen molar-refractivity contribution in [1.82, 2.24) is 10.6 Å². The summed E-state index contributed by atoms with van der Waals surface area (Å²) < 4.78 is 4.90. The summed E-state index contributed by atoms with van der Waals surface area (Å²) in [6.45, 7) is 0.784. The van der Waals surface area contributed by atoms with Gasteiger partial charge in [0.1, 0.15) is 12.1 Å². The van der Waals surface area contributed by atoms with Crippen LogP contribution in [0.15, 0.2) is 0 Å². The molecule has 0 radical (unpaired) electrons. The molecule has 17 heavy (non-hydrogen) atoms. The maximum absolute atomic E-state index is 11.6. The molecule has 0 aromatic heterocycles. The molecule has 1 saturated heterocycles. The second kappa shape index (κ2) is 8.27. The van der Waals surface area contributed by atoms with Gasteiger partial charge < -0.3 is 21.1 Å². The molecule has 0 aromatic carbocycles. The Morgan fingerprint density at radius 3 is 2.94 bits per heavy atom. The summed E-state index contributed by atoms with van der Waals surface area (Å²) in [6, 6.07) is -0.459. The van der Waals surface area contributed by atoms with E-state index in [4.69, 9.17) is 10.5 Å². The van der Waals surface area contributed by atoms with E-state index in [1.807, 2.05) is 0 Å². The van der Waals surface area contributed by atoms with Gasteiger partial charge in [-0.05, 0) is 19.3 Å². The zero-order chi connectivity index (χ0) is 12.0. The average Bonchev–Trinajstić information content (AvgIpc) is 2.46. The van der Waals surface area contributed by atoms with Gasteiger partial charge in [0.2, 0.25) is 5.91 Å². The third kappa shape index (κ3) is 4.89. The van der Waals surface area contributed by atoms with E-state index in [-0.39, 0.29) is 30.8 Å². The predicted molar refractivity (Wildman–Crippen MR) is 65.9 cm³/mol. The zero-order valence-corrected chi connectivity index (χ0v) is 10.7. The summed E-state index contributed by atoms with van der Waals surface area (Å²) in [4.78, 5) is 23.2. The fraction of sp³-hybridized carbons (Fsp3) is 0.800. The van der Waals surface area contributed by atoms with E-state index in [2.05, 4.69) is 10.6 Å². The van der Waals surface area contributed by atoms with Crippen molar-refractivity contribution < 1.29 is 14.3 Å². The lowest BCUT2D eigenvalue weighted by Gasteiger charge is -2.18. The number of nitrogens with two attached hydrogens (primary N) is 1. The molecule has 2 atom stereocenters. The first-order valence-electron chi connectivity index (χ1n) is 5.50. The van der Waals surface area contributed by atoms with Crippen molar-refractivity contribution in [1.29, 1.82) is 0 Å². The molecule has 0 aromatic rings. The van der Waals surface area contributed by atoms with Crippen molar-refractivity contribution >= 4 is 24.2 Å². The Kier molecular flexibility index (Phi) is 7.86. The van der Waals surface area contributed by atoms with Crippen LogP contribution in [0.3, 0.4) is 0 Å². The molecule has 0 aliphatic carbocycles. The van der Waals surface area contributed by atoms with Crippen LogP contribution in [0.1, 0.15) is 19.3 Å². The van der Waals surface area contributed by atoms with E-state index in [1.54, 1.807) is 0 Å². The Bertz CT molecular complexity index is 259. The Hall–Kier alpha value is -0.850. The normalized spacial score (nSPS) is 21.8. The highest BCUT2D eigenvalue weighted by atomic mass is 35.5. The standard InChI is InChI=1S/C10H19N3O3.ClH/c1-16-8(6-11)10(15)13-7-4-2-3-5-12-9(7)14;/h7-8H,2-6,11H2,1H3,(H,12,14)(H,13,15);1H. The fourth-order valence-electron chi connectivity index (χ4n) is 1.65. The van der Waals surface area contributed by atoms with Gasteiger partial charge in [0, 0.05) is 20.2 Å². The number of rotatable bonds is 4. The van der Waals surface area contributed by atoms with Crippen molar-refractivity contribution in [3.8, 4) is 0 Å². The molecular formula is C10H20ClN3O3. The lowest BCUT2D eigenvalue weighted by atomic mass is 10.1. The van der Waals surface area contributed by atoms with Gasteiger partial charge in [-0.15, -0.1) is 12.4 Å². The third-order valence-corrected chi connectivity index (χ3v) is 2.64. The van der Waals surface area contributed by atoms with Crippen molar-refractivity contribution in [2.45, 2.75) is 31.4 Å². The van der Waals surface area contributed by atoms with Crippen LogP contribution in [-0.4, -0.2) is 44.2 Å². The van der Waals surface area contributed by atoms with Crippen LogP contribution in [0.4, 0.5) is 0 Å². The number of amides is 2. The van der Waals surface area contributed by atoms with E-state index in [0.29, 0.717) is 13.0 Å². The first-order chi connectivity index (χ1) is 7.69. The molecule has 1 fully saturated rings. The van der Waals surface area contributed by atoms with E-state index in [9.17, 15) is 9.59 Å². The minimum Gasteiger partial charge on any atom is -0.370 e. The molecule has 2 amide bonds. The van der Waals surface area contributed by atoms with Gasteiger partial charge >= 0.3 is 0 Å². The fourth-order valence-corrected chi connectivity index (χ4v) is 1.65. The van der Waals surface area contributed by atoms with Crippen molar-refractivity contribution in [3.63, 3.8) is 0 Å². The second-order valence-corrected chi connectivity index (χ2v) is 3.81. The SMILES string of the molecule is COC(CN)C(=O)NC1CCCCNC1=O.Cl. The van der Waals surface area contributed by atoms with E-state index >= 15 is 0 Å². The van der Waals surface area contributed by atoms with E-state index < -0.39 is 12.1 Å². The van der Waals surface area contributed by atoms with Crippen molar-refractivity contribution in [2.24, 2.45) is 5.73 Å². The number of hydrogen-bond donors (Lipinski definition) is 3. The topological polar surface area (TPSA) is 93.4 Å². The van der Waals surface area contributed by atoms with Crippen LogP contribution in [0, 0.1) is 0 Å². The molecule has 4 N–H and O–H groups in total.